The first-order valence-corrected chi connectivity index (χ1v) is 23.9. The van der Waals surface area contributed by atoms with Crippen molar-refractivity contribution < 1.29 is 0 Å². The lowest BCUT2D eigenvalue weighted by atomic mass is 9.67. The van der Waals surface area contributed by atoms with Crippen molar-refractivity contribution in [3.8, 4) is 45.3 Å². The molecule has 0 amide bonds. The minimum Gasteiger partial charge on any atom is -0.208 e. The molecule has 57 heavy (non-hydrogen) atoms. The van der Waals surface area contributed by atoms with E-state index in [1.165, 1.54) is 49.4 Å². The maximum Gasteiger partial charge on any atom is 0.164 e. The third-order valence-electron chi connectivity index (χ3n) is 11.6. The van der Waals surface area contributed by atoms with E-state index in [4.69, 9.17) is 15.0 Å². The summed E-state index contributed by atoms with van der Waals surface area (Å²) in [5, 5.41) is 7.39. The molecule has 1 aromatic heterocycles. The number of aromatic nitrogens is 3. The van der Waals surface area contributed by atoms with E-state index >= 15 is 0 Å². The largest absolute Gasteiger partial charge is 0.208 e. The second-order valence-corrected chi connectivity index (χ2v) is 19.9. The molecule has 0 aliphatic heterocycles. The lowest BCUT2D eigenvalue weighted by molar-refractivity contribution is 0.770. The van der Waals surface area contributed by atoms with Crippen molar-refractivity contribution in [1.29, 1.82) is 0 Å². The van der Waals surface area contributed by atoms with Crippen LogP contribution in [0.2, 0.25) is 0 Å². The summed E-state index contributed by atoms with van der Waals surface area (Å²) in [6.07, 6.45) is 0. The number of rotatable bonds is 7. The summed E-state index contributed by atoms with van der Waals surface area (Å²) >= 11 is 0. The first kappa shape index (κ1) is 35.6. The molecule has 0 N–H and O–H groups in total. The van der Waals surface area contributed by atoms with Crippen LogP contribution >= 0.6 is 15.8 Å². The van der Waals surface area contributed by atoms with E-state index < -0.39 is 5.41 Å². The average Bonchev–Trinajstić information content (AvgIpc) is 3.57. The highest BCUT2D eigenvalue weighted by Gasteiger charge is 2.47. The van der Waals surface area contributed by atoms with Crippen molar-refractivity contribution in [2.24, 2.45) is 0 Å². The summed E-state index contributed by atoms with van der Waals surface area (Å²) in [5.74, 6) is 1.98. The van der Waals surface area contributed by atoms with Crippen LogP contribution in [-0.4, -0.2) is 41.6 Å². The van der Waals surface area contributed by atoms with Gasteiger partial charge in [0.05, 0.1) is 5.41 Å². The second-order valence-electron chi connectivity index (χ2n) is 15.3. The average molecular weight is 770 g/mol. The van der Waals surface area contributed by atoms with Crippen molar-refractivity contribution in [2.75, 3.05) is 26.7 Å². The van der Waals surface area contributed by atoms with Gasteiger partial charge in [-0.3, -0.25) is 0 Å². The standard InChI is InChI=1S/C52H41N3P2/c1-56(2)40-21-12-19-38(32-40)52(39-20-13-22-41(33-39)57(3)4)46-27-10-9-24-44(46)48-45(26-14-28-47(48)52)51-54-49(37-30-29-34-15-5-6-17-36(34)31-37)53-50(55-51)43-25-11-18-35-16-7-8-23-42(35)43/h5-33H,1-4H3. The molecule has 1 heterocycles. The first-order chi connectivity index (χ1) is 27.9. The van der Waals surface area contributed by atoms with Gasteiger partial charge in [0.15, 0.2) is 17.5 Å². The summed E-state index contributed by atoms with van der Waals surface area (Å²) < 4.78 is 0. The van der Waals surface area contributed by atoms with Crippen LogP contribution in [0.3, 0.4) is 0 Å². The minimum absolute atomic E-state index is 0.311. The molecule has 1 aliphatic carbocycles. The number of hydrogen-bond donors (Lipinski definition) is 0. The Morgan fingerprint density at radius 2 is 0.912 bits per heavy atom. The van der Waals surface area contributed by atoms with E-state index in [-0.39, 0.29) is 15.8 Å². The molecule has 0 radical (unpaired) electrons. The maximum absolute atomic E-state index is 5.41. The lowest BCUT2D eigenvalue weighted by Crippen LogP contribution is -2.30. The Kier molecular flexibility index (Phi) is 8.90. The number of nitrogens with zero attached hydrogens (tertiary/aromatic N) is 3. The van der Waals surface area contributed by atoms with Crippen molar-refractivity contribution in [2.45, 2.75) is 5.41 Å². The van der Waals surface area contributed by atoms with E-state index in [0.717, 1.165) is 32.8 Å². The van der Waals surface area contributed by atoms with Crippen LogP contribution in [0.15, 0.2) is 176 Å². The van der Waals surface area contributed by atoms with E-state index in [9.17, 15) is 0 Å². The van der Waals surface area contributed by atoms with Gasteiger partial charge in [0.1, 0.15) is 0 Å². The quantitative estimate of drug-likeness (QED) is 0.152. The van der Waals surface area contributed by atoms with Gasteiger partial charge < -0.3 is 0 Å². The first-order valence-electron chi connectivity index (χ1n) is 19.4. The van der Waals surface area contributed by atoms with Crippen LogP contribution < -0.4 is 10.6 Å². The van der Waals surface area contributed by atoms with Crippen LogP contribution in [-0.2, 0) is 5.41 Å². The van der Waals surface area contributed by atoms with Gasteiger partial charge in [-0.25, -0.2) is 15.0 Å². The molecule has 274 valence electrons. The Labute approximate surface area is 337 Å². The van der Waals surface area contributed by atoms with Crippen molar-refractivity contribution >= 4 is 48.0 Å². The van der Waals surface area contributed by atoms with Gasteiger partial charge in [-0.15, -0.1) is 0 Å². The molecule has 0 saturated carbocycles. The van der Waals surface area contributed by atoms with Gasteiger partial charge in [0, 0.05) is 16.7 Å². The highest BCUT2D eigenvalue weighted by molar-refractivity contribution is 7.64. The molecule has 9 aromatic rings. The van der Waals surface area contributed by atoms with E-state index in [1.54, 1.807) is 0 Å². The molecule has 0 unspecified atom stereocenters. The fourth-order valence-electron chi connectivity index (χ4n) is 8.83. The van der Waals surface area contributed by atoms with Gasteiger partial charge in [0.25, 0.3) is 0 Å². The summed E-state index contributed by atoms with van der Waals surface area (Å²) in [5.41, 5.74) is 9.91. The highest BCUT2D eigenvalue weighted by atomic mass is 31.1. The molecule has 8 aromatic carbocycles. The monoisotopic (exact) mass is 769 g/mol. The van der Waals surface area contributed by atoms with Crippen LogP contribution in [0, 0.1) is 0 Å². The second kappa shape index (κ2) is 14.3. The maximum atomic E-state index is 5.41. The molecule has 0 spiro atoms. The van der Waals surface area contributed by atoms with Crippen LogP contribution in [0.1, 0.15) is 22.3 Å². The summed E-state index contributed by atoms with van der Waals surface area (Å²) in [4.78, 5) is 16.1. The molecule has 10 rings (SSSR count). The van der Waals surface area contributed by atoms with Crippen molar-refractivity contribution in [3.05, 3.63) is 198 Å². The molecule has 0 bridgehead atoms. The van der Waals surface area contributed by atoms with Gasteiger partial charge in [0.2, 0.25) is 0 Å². The Bertz CT molecular complexity index is 2950. The SMILES string of the molecule is CP(C)c1cccc(C2(c3cccc(P(C)C)c3)c3ccccc3-c3c(-c4nc(-c5ccc6ccccc6c5)nc(-c5cccc6ccccc56)n4)cccc32)c1. The zero-order valence-corrected chi connectivity index (χ0v) is 34.3. The smallest absolute Gasteiger partial charge is 0.164 e. The molecular weight excluding hydrogens is 729 g/mol. The highest BCUT2D eigenvalue weighted by Crippen LogP contribution is 2.58. The van der Waals surface area contributed by atoms with Gasteiger partial charge in [-0.05, 0) is 110 Å². The Balaban J connectivity index is 1.29. The van der Waals surface area contributed by atoms with E-state index in [0.29, 0.717) is 17.5 Å². The molecule has 5 heteroatoms. The zero-order valence-electron chi connectivity index (χ0n) is 32.5. The predicted octanol–water partition coefficient (Wildman–Crippen LogP) is 12.3. The Morgan fingerprint density at radius 3 is 1.65 bits per heavy atom. The fraction of sp³-hybridized carbons (Fsp3) is 0.0962. The topological polar surface area (TPSA) is 38.7 Å². The van der Waals surface area contributed by atoms with Gasteiger partial charge in [-0.2, -0.15) is 0 Å². The molecule has 3 nitrogen and oxygen atoms in total. The van der Waals surface area contributed by atoms with Crippen molar-refractivity contribution in [3.63, 3.8) is 0 Å². The minimum atomic E-state index is -0.544. The molecular formula is C52H41N3P2. The van der Waals surface area contributed by atoms with Crippen LogP contribution in [0.5, 0.6) is 0 Å². The Morgan fingerprint density at radius 1 is 0.386 bits per heavy atom. The van der Waals surface area contributed by atoms with Crippen LogP contribution in [0.25, 0.3) is 66.8 Å². The van der Waals surface area contributed by atoms with Gasteiger partial charge in [-0.1, -0.05) is 174 Å². The van der Waals surface area contributed by atoms with Gasteiger partial charge >= 0.3 is 0 Å². The summed E-state index contributed by atoms with van der Waals surface area (Å²) in [6.45, 7) is 9.39. The molecule has 0 saturated heterocycles. The van der Waals surface area contributed by atoms with Crippen LogP contribution in [0.4, 0.5) is 0 Å². The third-order valence-corrected chi connectivity index (χ3v) is 14.2. The normalized spacial score (nSPS) is 13.0. The zero-order chi connectivity index (χ0) is 38.7. The number of benzene rings is 8. The predicted molar refractivity (Wildman–Crippen MR) is 245 cm³/mol. The van der Waals surface area contributed by atoms with E-state index in [2.05, 4.69) is 203 Å². The molecule has 1 aliphatic rings. The number of fused-ring (bicyclic) bond motifs is 5. The van der Waals surface area contributed by atoms with E-state index in [1.807, 2.05) is 0 Å². The summed E-state index contributed by atoms with van der Waals surface area (Å²) in [7, 11) is -0.621. The molecule has 0 fully saturated rings. The fourth-order valence-corrected chi connectivity index (χ4v) is 10.4. The van der Waals surface area contributed by atoms with Crippen molar-refractivity contribution in [1.82, 2.24) is 15.0 Å². The molecule has 0 atom stereocenters. The number of hydrogen-bond acceptors (Lipinski definition) is 3. The third kappa shape index (κ3) is 5.92. The summed E-state index contributed by atoms with van der Waals surface area (Å²) in [6, 6.07) is 64.3. The lowest BCUT2D eigenvalue weighted by Gasteiger charge is -2.35. The Hall–Kier alpha value is -5.85.